The Kier molecular flexibility index (Phi) is 2.57. The second-order valence-electron chi connectivity index (χ2n) is 4.26. The molecule has 2 N–H and O–H groups in total. The van der Waals surface area contributed by atoms with E-state index in [1.54, 1.807) is 6.07 Å². The molecule has 1 aromatic carbocycles. The first-order chi connectivity index (χ1) is 8.34. The number of hydrogen-bond acceptors (Lipinski definition) is 4. The Bertz CT molecular complexity index is 516. The molecule has 17 heavy (non-hydrogen) atoms. The fraction of sp³-hybridized carbons (Fsp3) is 0.308. The minimum Gasteiger partial charge on any atom is -0.381 e. The summed E-state index contributed by atoms with van der Waals surface area (Å²) in [6.07, 6.45) is 1.06. The zero-order valence-corrected chi connectivity index (χ0v) is 9.43. The van der Waals surface area contributed by atoms with Gasteiger partial charge in [0.1, 0.15) is 0 Å². The molecular formula is C13H14N2O2. The number of ether oxygens (including phenoxy) is 1. The molecule has 0 saturated carbocycles. The lowest BCUT2D eigenvalue weighted by Gasteiger charge is -2.11. The molecule has 1 aliphatic heterocycles. The predicted octanol–water partition coefficient (Wildman–Crippen LogP) is 2.43. The van der Waals surface area contributed by atoms with E-state index in [-0.39, 0.29) is 0 Å². The summed E-state index contributed by atoms with van der Waals surface area (Å²) >= 11 is 0. The summed E-state index contributed by atoms with van der Waals surface area (Å²) < 4.78 is 10.7. The van der Waals surface area contributed by atoms with Crippen LogP contribution in [-0.2, 0) is 4.74 Å². The molecule has 2 heterocycles. The third-order valence-corrected chi connectivity index (χ3v) is 3.12. The van der Waals surface area contributed by atoms with E-state index < -0.39 is 0 Å². The normalized spacial score (nSPS) is 19.6. The Morgan fingerprint density at radius 3 is 2.88 bits per heavy atom. The monoisotopic (exact) mass is 230 g/mol. The van der Waals surface area contributed by atoms with Crippen molar-refractivity contribution >= 4 is 5.82 Å². The van der Waals surface area contributed by atoms with Crippen LogP contribution in [0.15, 0.2) is 34.9 Å². The van der Waals surface area contributed by atoms with Crippen molar-refractivity contribution in [3.8, 4) is 11.3 Å². The summed E-state index contributed by atoms with van der Waals surface area (Å²) in [7, 11) is 0. The summed E-state index contributed by atoms with van der Waals surface area (Å²) in [6.45, 7) is 1.61. The van der Waals surface area contributed by atoms with Crippen molar-refractivity contribution in [2.45, 2.75) is 12.3 Å². The highest BCUT2D eigenvalue weighted by molar-refractivity contribution is 5.65. The third kappa shape index (κ3) is 1.91. The van der Waals surface area contributed by atoms with E-state index in [1.807, 2.05) is 18.2 Å². The highest BCUT2D eigenvalue weighted by atomic mass is 16.5. The molecule has 3 rings (SSSR count). The molecule has 0 bridgehead atoms. The van der Waals surface area contributed by atoms with Gasteiger partial charge in [0.15, 0.2) is 11.6 Å². The highest BCUT2D eigenvalue weighted by Gasteiger charge is 2.22. The van der Waals surface area contributed by atoms with Crippen molar-refractivity contribution < 1.29 is 9.26 Å². The number of hydrogen-bond donors (Lipinski definition) is 1. The molecule has 0 amide bonds. The van der Waals surface area contributed by atoms with Crippen LogP contribution in [-0.4, -0.2) is 18.4 Å². The molecule has 1 saturated heterocycles. The van der Waals surface area contributed by atoms with E-state index >= 15 is 0 Å². The molecule has 2 aromatic rings. The van der Waals surface area contributed by atoms with Gasteiger partial charge in [-0.2, -0.15) is 0 Å². The van der Waals surface area contributed by atoms with E-state index in [9.17, 15) is 0 Å². The number of aromatic nitrogens is 1. The average molecular weight is 230 g/mol. The van der Waals surface area contributed by atoms with Gasteiger partial charge in [-0.15, -0.1) is 0 Å². The lowest BCUT2D eigenvalue weighted by Crippen LogP contribution is -1.99. The molecule has 4 nitrogen and oxygen atoms in total. The summed E-state index contributed by atoms with van der Waals surface area (Å²) in [5.41, 5.74) is 7.90. The van der Waals surface area contributed by atoms with Crippen LogP contribution in [0.25, 0.3) is 11.3 Å². The van der Waals surface area contributed by atoms with Gasteiger partial charge in [-0.05, 0) is 12.0 Å². The minimum absolute atomic E-state index is 0.414. The van der Waals surface area contributed by atoms with E-state index in [1.165, 1.54) is 5.56 Å². The van der Waals surface area contributed by atoms with Crippen molar-refractivity contribution in [1.29, 1.82) is 0 Å². The maximum Gasteiger partial charge on any atom is 0.169 e. The van der Waals surface area contributed by atoms with E-state index in [0.29, 0.717) is 11.7 Å². The maximum atomic E-state index is 5.59. The number of rotatable bonds is 2. The number of nitrogens with two attached hydrogens (primary N) is 1. The first-order valence-corrected chi connectivity index (χ1v) is 5.74. The van der Waals surface area contributed by atoms with E-state index in [2.05, 4.69) is 11.2 Å². The first-order valence-electron chi connectivity index (χ1n) is 5.74. The van der Waals surface area contributed by atoms with Crippen LogP contribution in [0.3, 0.4) is 0 Å². The highest BCUT2D eigenvalue weighted by Crippen LogP contribution is 2.34. The average Bonchev–Trinajstić information content (AvgIpc) is 3.00. The second kappa shape index (κ2) is 4.22. The summed E-state index contributed by atoms with van der Waals surface area (Å²) in [5.74, 6) is 1.58. The Balaban J connectivity index is 2.03. The van der Waals surface area contributed by atoms with Crippen LogP contribution in [0, 0.1) is 0 Å². The number of anilines is 1. The fourth-order valence-corrected chi connectivity index (χ4v) is 2.27. The van der Waals surface area contributed by atoms with E-state index in [4.69, 9.17) is 15.0 Å². The van der Waals surface area contributed by atoms with Gasteiger partial charge in [0.2, 0.25) is 0 Å². The van der Waals surface area contributed by atoms with Crippen molar-refractivity contribution in [1.82, 2.24) is 5.16 Å². The van der Waals surface area contributed by atoms with Gasteiger partial charge < -0.3 is 15.0 Å². The first kappa shape index (κ1) is 10.4. The van der Waals surface area contributed by atoms with Gasteiger partial charge >= 0.3 is 0 Å². The van der Waals surface area contributed by atoms with Gasteiger partial charge in [0, 0.05) is 24.2 Å². The molecule has 1 aliphatic rings. The lowest BCUT2D eigenvalue weighted by atomic mass is 9.92. The maximum absolute atomic E-state index is 5.59. The zero-order valence-electron chi connectivity index (χ0n) is 9.43. The number of nitrogens with zero attached hydrogens (tertiary/aromatic N) is 1. The SMILES string of the molecule is Nc1cc(-c2ccccc2C2CCOC2)on1. The molecule has 1 atom stereocenters. The molecule has 4 heteroatoms. The fourth-order valence-electron chi connectivity index (χ4n) is 2.27. The van der Waals surface area contributed by atoms with Crippen LogP contribution in [0.1, 0.15) is 17.9 Å². The lowest BCUT2D eigenvalue weighted by molar-refractivity contribution is 0.194. The Morgan fingerprint density at radius 1 is 1.29 bits per heavy atom. The van der Waals surface area contributed by atoms with Crippen molar-refractivity contribution in [3.63, 3.8) is 0 Å². The topological polar surface area (TPSA) is 61.3 Å². The molecule has 1 unspecified atom stereocenters. The zero-order chi connectivity index (χ0) is 11.7. The summed E-state index contributed by atoms with van der Waals surface area (Å²) in [6, 6.07) is 9.94. The van der Waals surface area contributed by atoms with Gasteiger partial charge in [-0.1, -0.05) is 29.4 Å². The van der Waals surface area contributed by atoms with Gasteiger partial charge in [-0.3, -0.25) is 0 Å². The summed E-state index contributed by atoms with van der Waals surface area (Å²) in [5, 5.41) is 3.73. The Labute approximate surface area is 99.4 Å². The van der Waals surface area contributed by atoms with Crippen molar-refractivity contribution in [2.24, 2.45) is 0 Å². The van der Waals surface area contributed by atoms with Crippen LogP contribution in [0.4, 0.5) is 5.82 Å². The third-order valence-electron chi connectivity index (χ3n) is 3.12. The molecule has 1 aromatic heterocycles. The molecule has 0 radical (unpaired) electrons. The Morgan fingerprint density at radius 2 is 2.18 bits per heavy atom. The van der Waals surface area contributed by atoms with Crippen molar-refractivity contribution in [3.05, 3.63) is 35.9 Å². The predicted molar refractivity (Wildman–Crippen MR) is 64.5 cm³/mol. The van der Waals surface area contributed by atoms with Crippen LogP contribution < -0.4 is 5.73 Å². The molecular weight excluding hydrogens is 216 g/mol. The van der Waals surface area contributed by atoms with Crippen LogP contribution >= 0.6 is 0 Å². The van der Waals surface area contributed by atoms with Gasteiger partial charge in [0.05, 0.1) is 6.61 Å². The number of benzene rings is 1. The minimum atomic E-state index is 0.414. The molecule has 88 valence electrons. The summed E-state index contributed by atoms with van der Waals surface area (Å²) in [4.78, 5) is 0. The van der Waals surface area contributed by atoms with Gasteiger partial charge in [-0.25, -0.2) is 0 Å². The quantitative estimate of drug-likeness (QED) is 0.860. The largest absolute Gasteiger partial charge is 0.381 e. The standard InChI is InChI=1S/C13H14N2O2/c14-13-7-12(17-15-13)11-4-2-1-3-10(11)9-5-6-16-8-9/h1-4,7,9H,5-6,8H2,(H2,14,15). The van der Waals surface area contributed by atoms with Gasteiger partial charge in [0.25, 0.3) is 0 Å². The smallest absolute Gasteiger partial charge is 0.169 e. The van der Waals surface area contributed by atoms with Crippen molar-refractivity contribution in [2.75, 3.05) is 18.9 Å². The molecule has 0 spiro atoms. The van der Waals surface area contributed by atoms with Crippen LogP contribution in [0.2, 0.25) is 0 Å². The molecule has 1 fully saturated rings. The van der Waals surface area contributed by atoms with Crippen LogP contribution in [0.5, 0.6) is 0 Å². The second-order valence-corrected chi connectivity index (χ2v) is 4.26. The Hall–Kier alpha value is -1.81. The number of nitrogen functional groups attached to an aromatic ring is 1. The molecule has 0 aliphatic carbocycles. The van der Waals surface area contributed by atoms with E-state index in [0.717, 1.165) is 31.0 Å².